The van der Waals surface area contributed by atoms with Crippen molar-refractivity contribution >= 4 is 0 Å². The Morgan fingerprint density at radius 3 is 2.73 bits per heavy atom. The van der Waals surface area contributed by atoms with Gasteiger partial charge < -0.3 is 15.2 Å². The first-order chi connectivity index (χ1) is 7.28. The van der Waals surface area contributed by atoms with E-state index in [1.54, 1.807) is 0 Å². The Labute approximate surface area is 92.2 Å². The summed E-state index contributed by atoms with van der Waals surface area (Å²) in [5, 5.41) is 12.6. The van der Waals surface area contributed by atoms with Crippen molar-refractivity contribution in [2.24, 2.45) is 5.92 Å². The van der Waals surface area contributed by atoms with Crippen molar-refractivity contribution in [3.63, 3.8) is 0 Å². The smallest absolute Gasteiger partial charge is 0.0614 e. The van der Waals surface area contributed by atoms with Gasteiger partial charge in [0.05, 0.1) is 12.7 Å². The molecule has 2 aliphatic rings. The molecule has 0 saturated heterocycles. The monoisotopic (exact) mass is 213 g/mol. The molecule has 2 aliphatic carbocycles. The number of hydrogen-bond donors (Lipinski definition) is 2. The van der Waals surface area contributed by atoms with E-state index in [4.69, 9.17) is 4.74 Å². The van der Waals surface area contributed by atoms with Crippen molar-refractivity contribution in [2.45, 2.75) is 50.2 Å². The largest absolute Gasteiger partial charge is 0.394 e. The van der Waals surface area contributed by atoms with Crippen molar-refractivity contribution < 1.29 is 9.84 Å². The van der Waals surface area contributed by atoms with Crippen molar-refractivity contribution in [1.29, 1.82) is 0 Å². The van der Waals surface area contributed by atoms with Gasteiger partial charge in [0, 0.05) is 12.1 Å². The van der Waals surface area contributed by atoms with Crippen molar-refractivity contribution in [3.05, 3.63) is 0 Å². The van der Waals surface area contributed by atoms with Gasteiger partial charge in [-0.1, -0.05) is 12.8 Å². The highest BCUT2D eigenvalue weighted by Crippen LogP contribution is 2.34. The molecule has 3 nitrogen and oxygen atoms in total. The van der Waals surface area contributed by atoms with Gasteiger partial charge in [-0.15, -0.1) is 0 Å². The molecule has 0 heterocycles. The minimum atomic E-state index is -0.0652. The summed E-state index contributed by atoms with van der Waals surface area (Å²) in [6.07, 6.45) is 7.51. The van der Waals surface area contributed by atoms with Gasteiger partial charge in [-0.05, 0) is 38.6 Å². The molecule has 2 saturated carbocycles. The van der Waals surface area contributed by atoms with Gasteiger partial charge in [0.15, 0.2) is 0 Å². The highest BCUT2D eigenvalue weighted by molar-refractivity contribution is 4.95. The average Bonchev–Trinajstić information content (AvgIpc) is 2.98. The Balaban J connectivity index is 1.66. The fourth-order valence-corrected chi connectivity index (χ4v) is 2.48. The maximum absolute atomic E-state index is 9.34. The molecule has 0 aromatic carbocycles. The fourth-order valence-electron chi connectivity index (χ4n) is 2.48. The Morgan fingerprint density at radius 2 is 2.20 bits per heavy atom. The zero-order valence-corrected chi connectivity index (χ0v) is 9.67. The molecule has 0 amide bonds. The normalized spacial score (nSPS) is 36.0. The maximum atomic E-state index is 9.34. The molecule has 0 spiro atoms. The van der Waals surface area contributed by atoms with Crippen molar-refractivity contribution in [3.8, 4) is 0 Å². The highest BCUT2D eigenvalue weighted by atomic mass is 16.5. The second kappa shape index (κ2) is 4.81. The van der Waals surface area contributed by atoms with E-state index in [0.717, 1.165) is 31.8 Å². The summed E-state index contributed by atoms with van der Waals surface area (Å²) in [6.45, 7) is 1.15. The average molecular weight is 213 g/mol. The fraction of sp³-hybridized carbons (Fsp3) is 1.00. The van der Waals surface area contributed by atoms with Crippen molar-refractivity contribution in [1.82, 2.24) is 5.32 Å². The summed E-state index contributed by atoms with van der Waals surface area (Å²) in [4.78, 5) is 0. The minimum Gasteiger partial charge on any atom is -0.394 e. The molecule has 88 valence electrons. The summed E-state index contributed by atoms with van der Waals surface area (Å²) < 4.78 is 5.86. The number of nitrogens with one attached hydrogen (secondary N) is 1. The lowest BCUT2D eigenvalue weighted by Crippen LogP contribution is -2.44. The van der Waals surface area contributed by atoms with Gasteiger partial charge in [-0.3, -0.25) is 0 Å². The Bertz CT molecular complexity index is 200. The van der Waals surface area contributed by atoms with Crippen LogP contribution >= 0.6 is 0 Å². The molecule has 2 atom stereocenters. The van der Waals surface area contributed by atoms with Gasteiger partial charge in [0.25, 0.3) is 0 Å². The Hall–Kier alpha value is -0.120. The first kappa shape index (κ1) is 11.4. The van der Waals surface area contributed by atoms with E-state index >= 15 is 0 Å². The van der Waals surface area contributed by atoms with Crippen LogP contribution in [0.4, 0.5) is 0 Å². The zero-order chi connectivity index (χ0) is 10.7. The molecule has 0 bridgehead atoms. The van der Waals surface area contributed by atoms with Gasteiger partial charge in [0.2, 0.25) is 0 Å². The van der Waals surface area contributed by atoms with Crippen LogP contribution in [0.3, 0.4) is 0 Å². The summed E-state index contributed by atoms with van der Waals surface area (Å²) in [5.74, 6) is 0.957. The molecule has 0 radical (unpaired) electrons. The van der Waals surface area contributed by atoms with Crippen LogP contribution in [0.2, 0.25) is 0 Å². The van der Waals surface area contributed by atoms with Crippen LogP contribution in [0.25, 0.3) is 0 Å². The van der Waals surface area contributed by atoms with E-state index in [-0.39, 0.29) is 12.1 Å². The topological polar surface area (TPSA) is 41.5 Å². The predicted molar refractivity (Wildman–Crippen MR) is 59.8 cm³/mol. The summed E-state index contributed by atoms with van der Waals surface area (Å²) >= 11 is 0. The SMILES string of the molecule is CNC1(CO)CCC(OCCC2CC2)C1. The third-order valence-electron chi connectivity index (χ3n) is 3.97. The maximum Gasteiger partial charge on any atom is 0.0614 e. The van der Waals surface area contributed by atoms with E-state index in [0.29, 0.717) is 6.10 Å². The number of aliphatic hydroxyl groups is 1. The molecule has 2 unspecified atom stereocenters. The molecule has 2 N–H and O–H groups in total. The molecule has 0 aromatic heterocycles. The third kappa shape index (κ3) is 2.92. The molecule has 2 rings (SSSR count). The molecule has 0 aromatic rings. The van der Waals surface area contributed by atoms with E-state index in [2.05, 4.69) is 5.32 Å². The van der Waals surface area contributed by atoms with Crippen LogP contribution in [-0.4, -0.2) is 37.0 Å². The van der Waals surface area contributed by atoms with E-state index in [1.807, 2.05) is 7.05 Å². The first-order valence-electron chi connectivity index (χ1n) is 6.19. The van der Waals surface area contributed by atoms with E-state index < -0.39 is 0 Å². The van der Waals surface area contributed by atoms with Gasteiger partial charge in [0.1, 0.15) is 0 Å². The van der Waals surface area contributed by atoms with Crippen molar-refractivity contribution in [2.75, 3.05) is 20.3 Å². The van der Waals surface area contributed by atoms with Gasteiger partial charge in [-0.25, -0.2) is 0 Å². The summed E-state index contributed by atoms with van der Waals surface area (Å²) in [7, 11) is 1.93. The summed E-state index contributed by atoms with van der Waals surface area (Å²) in [5.41, 5.74) is -0.0652. The standard InChI is InChI=1S/C12H23NO2/c1-13-12(9-14)6-4-11(8-12)15-7-5-10-2-3-10/h10-11,13-14H,2-9H2,1H3. The molecule has 3 heteroatoms. The number of likely N-dealkylation sites (N-methyl/N-ethyl adjacent to an activating group) is 1. The second-order valence-electron chi connectivity index (χ2n) is 5.16. The third-order valence-corrected chi connectivity index (χ3v) is 3.97. The van der Waals surface area contributed by atoms with E-state index in [9.17, 15) is 5.11 Å². The van der Waals surface area contributed by atoms with Gasteiger partial charge >= 0.3 is 0 Å². The molecular formula is C12H23NO2. The van der Waals surface area contributed by atoms with Crippen LogP contribution in [0, 0.1) is 5.92 Å². The number of ether oxygens (including phenoxy) is 1. The lowest BCUT2D eigenvalue weighted by Gasteiger charge is -2.26. The zero-order valence-electron chi connectivity index (χ0n) is 9.67. The summed E-state index contributed by atoms with van der Waals surface area (Å²) in [6, 6.07) is 0. The highest BCUT2D eigenvalue weighted by Gasteiger charge is 2.37. The molecule has 0 aliphatic heterocycles. The molecular weight excluding hydrogens is 190 g/mol. The van der Waals surface area contributed by atoms with Gasteiger partial charge in [-0.2, -0.15) is 0 Å². The minimum absolute atomic E-state index is 0.0652. The van der Waals surface area contributed by atoms with E-state index in [1.165, 1.54) is 19.3 Å². The number of rotatable bonds is 6. The Kier molecular flexibility index (Phi) is 3.65. The van der Waals surface area contributed by atoms with Crippen LogP contribution < -0.4 is 5.32 Å². The Morgan fingerprint density at radius 1 is 1.40 bits per heavy atom. The predicted octanol–water partition coefficient (Wildman–Crippen LogP) is 1.31. The molecule has 2 fully saturated rings. The lowest BCUT2D eigenvalue weighted by molar-refractivity contribution is 0.0441. The van der Waals surface area contributed by atoms with Crippen LogP contribution in [0.15, 0.2) is 0 Å². The number of aliphatic hydroxyl groups excluding tert-OH is 1. The first-order valence-corrected chi connectivity index (χ1v) is 6.19. The number of hydrogen-bond acceptors (Lipinski definition) is 3. The van der Waals surface area contributed by atoms with Crippen LogP contribution in [0.1, 0.15) is 38.5 Å². The lowest BCUT2D eigenvalue weighted by atomic mass is 9.99. The molecule has 15 heavy (non-hydrogen) atoms. The van der Waals surface area contributed by atoms with Crippen LogP contribution in [0.5, 0.6) is 0 Å². The quantitative estimate of drug-likeness (QED) is 0.699. The second-order valence-corrected chi connectivity index (χ2v) is 5.16. The van der Waals surface area contributed by atoms with Crippen LogP contribution in [-0.2, 0) is 4.74 Å².